The summed E-state index contributed by atoms with van der Waals surface area (Å²) in [5, 5.41) is 13.2. The number of nitrogens with zero attached hydrogens (tertiary/aromatic N) is 4. The molecule has 4 rings (SSSR count). The van der Waals surface area contributed by atoms with Gasteiger partial charge in [-0.1, -0.05) is 18.6 Å². The summed E-state index contributed by atoms with van der Waals surface area (Å²) in [5.41, 5.74) is 0.961. The molecule has 1 aliphatic rings. The third kappa shape index (κ3) is 5.39. The van der Waals surface area contributed by atoms with Crippen molar-refractivity contribution in [3.63, 3.8) is 0 Å². The highest BCUT2D eigenvalue weighted by Gasteiger charge is 2.31. The molecule has 0 unspecified atom stereocenters. The van der Waals surface area contributed by atoms with E-state index in [0.717, 1.165) is 32.4 Å². The van der Waals surface area contributed by atoms with Gasteiger partial charge in [-0.3, -0.25) is 15.0 Å². The first-order chi connectivity index (χ1) is 16.8. The van der Waals surface area contributed by atoms with Crippen LogP contribution in [0, 0.1) is 10.1 Å². The molecule has 2 heterocycles. The summed E-state index contributed by atoms with van der Waals surface area (Å²) < 4.78 is 39.5. The number of thiazole rings is 1. The number of piperidine rings is 1. The highest BCUT2D eigenvalue weighted by atomic mass is 32.2. The molecule has 0 radical (unpaired) electrons. The lowest BCUT2D eigenvalue weighted by Gasteiger charge is -2.32. The fourth-order valence-electron chi connectivity index (χ4n) is 3.92. The van der Waals surface area contributed by atoms with Crippen molar-refractivity contribution in [1.29, 1.82) is 0 Å². The maximum Gasteiger partial charge on any atom is 0.270 e. The molecular formula is C23H26N4O6S2. The van der Waals surface area contributed by atoms with E-state index in [1.54, 1.807) is 23.6 Å². The lowest BCUT2D eigenvalue weighted by atomic mass is 10.1. The van der Waals surface area contributed by atoms with Crippen molar-refractivity contribution in [2.45, 2.75) is 24.2 Å². The summed E-state index contributed by atoms with van der Waals surface area (Å²) in [5.74, 6) is 0.735. The second kappa shape index (κ2) is 10.6. The van der Waals surface area contributed by atoms with Crippen LogP contribution in [-0.2, 0) is 10.0 Å². The lowest BCUT2D eigenvalue weighted by Crippen LogP contribution is -2.43. The third-order valence-corrected chi connectivity index (χ3v) is 8.48. The minimum absolute atomic E-state index is 0.0549. The normalized spacial score (nSPS) is 14.5. The molecule has 1 aromatic heterocycles. The second-order valence-corrected chi connectivity index (χ2v) is 10.7. The van der Waals surface area contributed by atoms with E-state index in [1.165, 1.54) is 54.1 Å². The zero-order chi connectivity index (χ0) is 25.0. The van der Waals surface area contributed by atoms with E-state index in [4.69, 9.17) is 9.47 Å². The van der Waals surface area contributed by atoms with E-state index in [-0.39, 0.29) is 22.4 Å². The minimum atomic E-state index is -4.01. The Morgan fingerprint density at radius 2 is 1.83 bits per heavy atom. The molecule has 0 aliphatic carbocycles. The quantitative estimate of drug-likeness (QED) is 0.303. The Labute approximate surface area is 207 Å². The Hall–Kier alpha value is -3.22. The number of anilines is 1. The molecular weight excluding hydrogens is 492 g/mol. The SMILES string of the molecule is COc1ccc(S(=O)(=O)N(CN2CCCCC2)c2nc(-c3cccc([N+](=O)[O-])c3)cs2)cc1OC. The summed E-state index contributed by atoms with van der Waals surface area (Å²) in [6.07, 6.45) is 3.12. The van der Waals surface area contributed by atoms with Crippen LogP contribution in [0.4, 0.5) is 10.8 Å². The first-order valence-electron chi connectivity index (χ1n) is 11.0. The van der Waals surface area contributed by atoms with Crippen LogP contribution in [0.5, 0.6) is 11.5 Å². The van der Waals surface area contributed by atoms with Gasteiger partial charge in [0.15, 0.2) is 11.5 Å². The largest absolute Gasteiger partial charge is 0.493 e. The Bertz CT molecular complexity index is 1300. The van der Waals surface area contributed by atoms with E-state index in [9.17, 15) is 18.5 Å². The number of likely N-dealkylation sites (tertiary alicyclic amines) is 1. The van der Waals surface area contributed by atoms with Crippen LogP contribution < -0.4 is 13.8 Å². The molecule has 1 aliphatic heterocycles. The average Bonchev–Trinajstić information content (AvgIpc) is 3.37. The molecule has 0 atom stereocenters. The van der Waals surface area contributed by atoms with Crippen molar-refractivity contribution in [2.75, 3.05) is 38.3 Å². The van der Waals surface area contributed by atoms with Crippen LogP contribution in [0.1, 0.15) is 19.3 Å². The summed E-state index contributed by atoms with van der Waals surface area (Å²) in [6.45, 7) is 1.74. The third-order valence-electron chi connectivity index (χ3n) is 5.78. The molecule has 0 amide bonds. The van der Waals surface area contributed by atoms with Crippen molar-refractivity contribution in [3.8, 4) is 22.8 Å². The van der Waals surface area contributed by atoms with E-state index in [2.05, 4.69) is 9.88 Å². The first kappa shape index (κ1) is 24.9. The van der Waals surface area contributed by atoms with Gasteiger partial charge in [0, 0.05) is 29.1 Å². The molecule has 12 heteroatoms. The van der Waals surface area contributed by atoms with Gasteiger partial charge in [0.1, 0.15) is 0 Å². The van der Waals surface area contributed by atoms with Gasteiger partial charge in [-0.25, -0.2) is 17.7 Å². The molecule has 1 fully saturated rings. The number of non-ortho nitro benzene ring substituents is 1. The maximum absolute atomic E-state index is 13.8. The van der Waals surface area contributed by atoms with E-state index >= 15 is 0 Å². The van der Waals surface area contributed by atoms with Gasteiger partial charge in [0.2, 0.25) is 5.13 Å². The van der Waals surface area contributed by atoms with Crippen LogP contribution in [-0.4, -0.2) is 57.2 Å². The van der Waals surface area contributed by atoms with Crippen LogP contribution >= 0.6 is 11.3 Å². The molecule has 1 saturated heterocycles. The molecule has 3 aromatic rings. The maximum atomic E-state index is 13.8. The predicted octanol–water partition coefficient (Wildman–Crippen LogP) is 4.37. The number of methoxy groups -OCH3 is 2. The number of nitro benzene ring substituents is 1. The van der Waals surface area contributed by atoms with E-state index in [0.29, 0.717) is 22.8 Å². The molecule has 10 nitrogen and oxygen atoms in total. The number of rotatable bonds is 9. The van der Waals surface area contributed by atoms with Crippen molar-refractivity contribution in [3.05, 3.63) is 58.0 Å². The van der Waals surface area contributed by atoms with Crippen LogP contribution in [0.15, 0.2) is 52.7 Å². The van der Waals surface area contributed by atoms with Gasteiger partial charge < -0.3 is 9.47 Å². The number of nitro groups is 1. The monoisotopic (exact) mass is 518 g/mol. The molecule has 35 heavy (non-hydrogen) atoms. The van der Waals surface area contributed by atoms with Gasteiger partial charge in [-0.2, -0.15) is 0 Å². The fraction of sp³-hybridized carbons (Fsp3) is 0.348. The van der Waals surface area contributed by atoms with Gasteiger partial charge >= 0.3 is 0 Å². The van der Waals surface area contributed by atoms with Crippen LogP contribution in [0.2, 0.25) is 0 Å². The van der Waals surface area contributed by atoms with E-state index < -0.39 is 14.9 Å². The van der Waals surface area contributed by atoms with Crippen molar-refractivity contribution in [1.82, 2.24) is 9.88 Å². The highest BCUT2D eigenvalue weighted by Crippen LogP contribution is 2.35. The van der Waals surface area contributed by atoms with Crippen molar-refractivity contribution >= 4 is 32.2 Å². The van der Waals surface area contributed by atoms with Gasteiger partial charge in [0.05, 0.1) is 36.4 Å². The zero-order valence-electron chi connectivity index (χ0n) is 19.4. The number of ether oxygens (including phenoxy) is 2. The number of hydrogen-bond donors (Lipinski definition) is 0. The molecule has 0 saturated carbocycles. The average molecular weight is 519 g/mol. The van der Waals surface area contributed by atoms with E-state index in [1.807, 2.05) is 0 Å². The summed E-state index contributed by atoms with van der Waals surface area (Å²) >= 11 is 1.18. The first-order valence-corrected chi connectivity index (χ1v) is 13.3. The summed E-state index contributed by atoms with van der Waals surface area (Å²) in [6, 6.07) is 10.6. The standard InChI is InChI=1S/C23H26N4O6S2/c1-32-21-10-9-19(14-22(21)33-2)35(30,31)26(16-25-11-4-3-5-12-25)23-24-20(15-34-23)17-7-6-8-18(13-17)27(28)29/h6-10,13-15H,3-5,11-12,16H2,1-2H3. The molecule has 2 aromatic carbocycles. The Morgan fingerprint density at radius 1 is 1.09 bits per heavy atom. The summed E-state index contributed by atoms with van der Waals surface area (Å²) in [4.78, 5) is 17.4. The fourth-order valence-corrected chi connectivity index (χ4v) is 6.38. The number of hydrogen-bond acceptors (Lipinski definition) is 9. The van der Waals surface area contributed by atoms with Crippen LogP contribution in [0.3, 0.4) is 0 Å². The Morgan fingerprint density at radius 3 is 2.51 bits per heavy atom. The minimum Gasteiger partial charge on any atom is -0.493 e. The number of aromatic nitrogens is 1. The predicted molar refractivity (Wildman–Crippen MR) is 134 cm³/mol. The molecule has 0 spiro atoms. The number of sulfonamides is 1. The van der Waals surface area contributed by atoms with Crippen molar-refractivity contribution in [2.24, 2.45) is 0 Å². The second-order valence-electron chi connectivity index (χ2n) is 8.01. The Balaban J connectivity index is 1.74. The smallest absolute Gasteiger partial charge is 0.270 e. The van der Waals surface area contributed by atoms with Gasteiger partial charge in [-0.05, 0) is 38.1 Å². The molecule has 186 valence electrons. The van der Waals surface area contributed by atoms with Gasteiger partial charge in [-0.15, -0.1) is 11.3 Å². The Kier molecular flexibility index (Phi) is 7.53. The highest BCUT2D eigenvalue weighted by molar-refractivity contribution is 7.93. The molecule has 0 N–H and O–H groups in total. The van der Waals surface area contributed by atoms with Gasteiger partial charge in [0.25, 0.3) is 15.7 Å². The van der Waals surface area contributed by atoms with Crippen molar-refractivity contribution < 1.29 is 22.8 Å². The van der Waals surface area contributed by atoms with Crippen LogP contribution in [0.25, 0.3) is 11.3 Å². The lowest BCUT2D eigenvalue weighted by molar-refractivity contribution is -0.384. The number of benzene rings is 2. The topological polar surface area (TPSA) is 115 Å². The zero-order valence-corrected chi connectivity index (χ0v) is 21.0. The summed E-state index contributed by atoms with van der Waals surface area (Å²) in [7, 11) is -1.07. The molecule has 0 bridgehead atoms.